The summed E-state index contributed by atoms with van der Waals surface area (Å²) in [6.07, 6.45) is 3.40. The fourth-order valence-corrected chi connectivity index (χ4v) is 4.67. The summed E-state index contributed by atoms with van der Waals surface area (Å²) in [6.45, 7) is 5.68. The van der Waals surface area contributed by atoms with E-state index in [1.165, 1.54) is 0 Å². The Hall–Kier alpha value is -3.23. The van der Waals surface area contributed by atoms with Gasteiger partial charge >= 0.3 is 0 Å². The molecule has 0 heterocycles. The van der Waals surface area contributed by atoms with Gasteiger partial charge in [-0.25, -0.2) is 0 Å². The van der Waals surface area contributed by atoms with Crippen molar-refractivity contribution in [3.63, 3.8) is 0 Å². The molecular weight excluding hydrogens is 454 g/mol. The molecule has 0 saturated carbocycles. The van der Waals surface area contributed by atoms with Crippen LogP contribution in [0.2, 0.25) is 0 Å². The standard InChI is InChI=1S/C28H39N5O3/c1-3-20-21-7-4-8-23(28(36)32-16-13-18(2)30)27(21)22-12-11-19(17-24(20)22)33-26(35)10-5-9-25(34)31-15-6-14-29/h4,7-8,11-12,17-18,20H,3,5-6,9-10,13-16,29-30H2,1-2H3,(H,31,34)(H,32,36)(H,33,35). The second-order valence-electron chi connectivity index (χ2n) is 9.45. The molecule has 2 atom stereocenters. The van der Waals surface area contributed by atoms with Gasteiger partial charge in [0, 0.05) is 49.1 Å². The lowest BCUT2D eigenvalue weighted by Gasteiger charge is -2.13. The Balaban J connectivity index is 1.68. The summed E-state index contributed by atoms with van der Waals surface area (Å²) >= 11 is 0. The van der Waals surface area contributed by atoms with E-state index in [9.17, 15) is 14.4 Å². The van der Waals surface area contributed by atoms with Gasteiger partial charge in [-0.15, -0.1) is 0 Å². The third-order valence-corrected chi connectivity index (χ3v) is 6.50. The Labute approximate surface area is 213 Å². The third kappa shape index (κ3) is 6.92. The van der Waals surface area contributed by atoms with E-state index < -0.39 is 0 Å². The first-order chi connectivity index (χ1) is 17.3. The lowest BCUT2D eigenvalue weighted by atomic mass is 9.93. The van der Waals surface area contributed by atoms with Crippen LogP contribution in [0.25, 0.3) is 11.1 Å². The van der Waals surface area contributed by atoms with E-state index in [4.69, 9.17) is 11.5 Å². The molecule has 0 saturated heterocycles. The van der Waals surface area contributed by atoms with Gasteiger partial charge in [0.2, 0.25) is 11.8 Å². The van der Waals surface area contributed by atoms with Crippen LogP contribution in [0, 0.1) is 0 Å². The number of anilines is 1. The van der Waals surface area contributed by atoms with Crippen molar-refractivity contribution in [1.29, 1.82) is 0 Å². The summed E-state index contributed by atoms with van der Waals surface area (Å²) in [5.41, 5.74) is 16.9. The highest BCUT2D eigenvalue weighted by molar-refractivity contribution is 6.04. The highest BCUT2D eigenvalue weighted by Gasteiger charge is 2.31. The van der Waals surface area contributed by atoms with Gasteiger partial charge in [0.25, 0.3) is 5.91 Å². The van der Waals surface area contributed by atoms with E-state index in [1.807, 2.05) is 37.3 Å². The number of hydrogen-bond acceptors (Lipinski definition) is 5. The van der Waals surface area contributed by atoms with Crippen LogP contribution in [0.1, 0.15) is 79.8 Å². The summed E-state index contributed by atoms with van der Waals surface area (Å²) in [4.78, 5) is 37.3. The quantitative estimate of drug-likeness (QED) is 0.273. The summed E-state index contributed by atoms with van der Waals surface area (Å²) < 4.78 is 0. The minimum absolute atomic E-state index is 0.0316. The molecule has 194 valence electrons. The van der Waals surface area contributed by atoms with Gasteiger partial charge in [-0.3, -0.25) is 14.4 Å². The normalized spacial score (nSPS) is 14.5. The molecule has 0 spiro atoms. The van der Waals surface area contributed by atoms with Crippen LogP contribution < -0.4 is 27.4 Å². The second-order valence-corrected chi connectivity index (χ2v) is 9.45. The van der Waals surface area contributed by atoms with E-state index in [1.54, 1.807) is 0 Å². The van der Waals surface area contributed by atoms with Crippen molar-refractivity contribution in [2.75, 3.05) is 25.0 Å². The van der Waals surface area contributed by atoms with E-state index in [0.29, 0.717) is 38.0 Å². The molecule has 2 aromatic carbocycles. The zero-order valence-electron chi connectivity index (χ0n) is 21.4. The van der Waals surface area contributed by atoms with Crippen molar-refractivity contribution in [3.8, 4) is 11.1 Å². The first-order valence-corrected chi connectivity index (χ1v) is 12.9. The fraction of sp³-hybridized carbons (Fsp3) is 0.464. The maximum absolute atomic E-state index is 13.0. The molecule has 0 radical (unpaired) electrons. The number of hydrogen-bond donors (Lipinski definition) is 5. The topological polar surface area (TPSA) is 139 Å². The van der Waals surface area contributed by atoms with Gasteiger partial charge in [0.05, 0.1) is 0 Å². The van der Waals surface area contributed by atoms with Crippen molar-refractivity contribution in [1.82, 2.24) is 10.6 Å². The predicted molar refractivity (Wildman–Crippen MR) is 144 cm³/mol. The molecule has 1 aliphatic rings. The number of carbonyl (C=O) groups is 3. The molecule has 2 aromatic rings. The molecule has 8 heteroatoms. The van der Waals surface area contributed by atoms with Crippen LogP contribution in [-0.4, -0.2) is 43.4 Å². The summed E-state index contributed by atoms with van der Waals surface area (Å²) in [5, 5.41) is 8.76. The van der Waals surface area contributed by atoms with Crippen LogP contribution in [0.4, 0.5) is 5.69 Å². The minimum Gasteiger partial charge on any atom is -0.356 e. The third-order valence-electron chi connectivity index (χ3n) is 6.50. The number of nitrogens with two attached hydrogens (primary N) is 2. The monoisotopic (exact) mass is 493 g/mol. The molecular formula is C28H39N5O3. The van der Waals surface area contributed by atoms with Gasteiger partial charge in [0.1, 0.15) is 0 Å². The molecule has 3 amide bonds. The number of carbonyl (C=O) groups excluding carboxylic acids is 3. The zero-order chi connectivity index (χ0) is 26.1. The predicted octanol–water partition coefficient (Wildman–Crippen LogP) is 3.25. The van der Waals surface area contributed by atoms with Crippen LogP contribution in [0.15, 0.2) is 36.4 Å². The zero-order valence-corrected chi connectivity index (χ0v) is 21.4. The van der Waals surface area contributed by atoms with Crippen LogP contribution in [0.5, 0.6) is 0 Å². The molecule has 0 aromatic heterocycles. The van der Waals surface area contributed by atoms with Crippen molar-refractivity contribution in [2.24, 2.45) is 11.5 Å². The number of benzene rings is 2. The van der Waals surface area contributed by atoms with Gasteiger partial charge in [-0.2, -0.15) is 0 Å². The Morgan fingerprint density at radius 1 is 0.972 bits per heavy atom. The summed E-state index contributed by atoms with van der Waals surface area (Å²) in [6, 6.07) is 11.8. The molecule has 1 aliphatic carbocycles. The van der Waals surface area contributed by atoms with E-state index >= 15 is 0 Å². The van der Waals surface area contributed by atoms with E-state index in [2.05, 4.69) is 28.9 Å². The van der Waals surface area contributed by atoms with Crippen molar-refractivity contribution >= 4 is 23.4 Å². The summed E-state index contributed by atoms with van der Waals surface area (Å²) in [5.74, 6) is -0.127. The molecule has 8 nitrogen and oxygen atoms in total. The Morgan fingerprint density at radius 2 is 1.75 bits per heavy atom. The Morgan fingerprint density at radius 3 is 2.47 bits per heavy atom. The van der Waals surface area contributed by atoms with Crippen molar-refractivity contribution in [2.45, 2.75) is 64.3 Å². The van der Waals surface area contributed by atoms with Crippen LogP contribution >= 0.6 is 0 Å². The average Bonchev–Trinajstić information content (AvgIpc) is 3.16. The largest absolute Gasteiger partial charge is 0.356 e. The van der Waals surface area contributed by atoms with Gasteiger partial charge in [-0.05, 0) is 79.6 Å². The number of nitrogens with one attached hydrogen (secondary N) is 3. The lowest BCUT2D eigenvalue weighted by molar-refractivity contribution is -0.121. The van der Waals surface area contributed by atoms with Crippen LogP contribution in [0.3, 0.4) is 0 Å². The Kier molecular flexibility index (Phi) is 10.0. The average molecular weight is 494 g/mol. The molecule has 36 heavy (non-hydrogen) atoms. The second kappa shape index (κ2) is 13.2. The molecule has 0 aliphatic heterocycles. The summed E-state index contributed by atoms with van der Waals surface area (Å²) in [7, 11) is 0. The first-order valence-electron chi connectivity index (χ1n) is 12.9. The molecule has 0 fully saturated rings. The van der Waals surface area contributed by atoms with Gasteiger partial charge in [0.15, 0.2) is 0 Å². The molecule has 2 unspecified atom stereocenters. The number of amides is 3. The first kappa shape index (κ1) is 27.4. The van der Waals surface area contributed by atoms with Crippen LogP contribution in [-0.2, 0) is 9.59 Å². The molecule has 3 rings (SSSR count). The molecule has 7 N–H and O–H groups in total. The van der Waals surface area contributed by atoms with Gasteiger partial charge in [-0.1, -0.05) is 25.1 Å². The van der Waals surface area contributed by atoms with Crippen molar-refractivity contribution < 1.29 is 14.4 Å². The molecule has 0 bridgehead atoms. The fourth-order valence-electron chi connectivity index (χ4n) is 4.67. The number of fused-ring (bicyclic) bond motifs is 3. The minimum atomic E-state index is -0.123. The highest BCUT2D eigenvalue weighted by Crippen LogP contribution is 2.48. The smallest absolute Gasteiger partial charge is 0.251 e. The Bertz CT molecular complexity index is 1080. The van der Waals surface area contributed by atoms with Gasteiger partial charge < -0.3 is 27.4 Å². The van der Waals surface area contributed by atoms with Crippen molar-refractivity contribution in [3.05, 3.63) is 53.1 Å². The maximum atomic E-state index is 13.0. The number of rotatable bonds is 13. The highest BCUT2D eigenvalue weighted by atomic mass is 16.2. The van der Waals surface area contributed by atoms with E-state index in [0.717, 1.165) is 47.2 Å². The lowest BCUT2D eigenvalue weighted by Crippen LogP contribution is -2.29. The SMILES string of the molecule is CCC1c2cc(NC(=O)CCCC(=O)NCCCN)ccc2-c2c(C(=O)NCCC(C)N)cccc21. The maximum Gasteiger partial charge on any atom is 0.251 e. The van der Waals surface area contributed by atoms with E-state index in [-0.39, 0.29) is 36.1 Å².